The average molecular weight is 265 g/mol. The summed E-state index contributed by atoms with van der Waals surface area (Å²) >= 11 is 0. The first-order valence-electron chi connectivity index (χ1n) is 7.01. The van der Waals surface area contributed by atoms with E-state index in [-0.39, 0.29) is 0 Å². The third-order valence-corrected chi connectivity index (χ3v) is 2.87. The zero-order valence-corrected chi connectivity index (χ0v) is 12.0. The van der Waals surface area contributed by atoms with Crippen molar-refractivity contribution in [1.82, 2.24) is 4.98 Å². The molecule has 2 heteroatoms. The minimum atomic E-state index is 0.627. The monoisotopic (exact) mass is 265 g/mol. The molecule has 1 aromatic heterocycles. The first-order chi connectivity index (χ1) is 9.81. The molecule has 0 spiro atoms. The van der Waals surface area contributed by atoms with Crippen LogP contribution in [-0.2, 0) is 6.42 Å². The van der Waals surface area contributed by atoms with E-state index in [1.807, 2.05) is 19.1 Å². The van der Waals surface area contributed by atoms with E-state index in [9.17, 15) is 0 Å². The van der Waals surface area contributed by atoms with E-state index in [0.29, 0.717) is 12.5 Å². The van der Waals surface area contributed by atoms with Gasteiger partial charge in [0.1, 0.15) is 0 Å². The van der Waals surface area contributed by atoms with Gasteiger partial charge in [0.25, 0.3) is 0 Å². The summed E-state index contributed by atoms with van der Waals surface area (Å²) in [6.45, 7) is 4.76. The van der Waals surface area contributed by atoms with Crippen molar-refractivity contribution in [3.05, 3.63) is 59.3 Å². The fourth-order valence-electron chi connectivity index (χ4n) is 1.88. The number of ether oxygens (including phenoxy) is 1. The van der Waals surface area contributed by atoms with Gasteiger partial charge in [-0.05, 0) is 37.1 Å². The lowest BCUT2D eigenvalue weighted by molar-refractivity contribution is 0.327. The molecule has 2 aromatic rings. The van der Waals surface area contributed by atoms with Gasteiger partial charge >= 0.3 is 0 Å². The van der Waals surface area contributed by atoms with Crippen molar-refractivity contribution in [2.24, 2.45) is 0 Å². The van der Waals surface area contributed by atoms with Crippen LogP contribution in [0.4, 0.5) is 0 Å². The topological polar surface area (TPSA) is 22.1 Å². The van der Waals surface area contributed by atoms with Gasteiger partial charge in [0.05, 0.1) is 6.61 Å². The van der Waals surface area contributed by atoms with Crippen LogP contribution in [0.2, 0.25) is 0 Å². The van der Waals surface area contributed by atoms with Gasteiger partial charge in [-0.2, -0.15) is 0 Å². The zero-order valence-electron chi connectivity index (χ0n) is 12.0. The normalized spacial score (nSPS) is 9.70. The molecule has 0 aliphatic heterocycles. The zero-order chi connectivity index (χ0) is 14.2. The number of aryl methyl sites for hydroxylation is 1. The minimum Gasteiger partial charge on any atom is -0.478 e. The SMILES string of the molecule is CCCc1ccc(C#Cc2ccc(OCC)nc2)cc1. The summed E-state index contributed by atoms with van der Waals surface area (Å²) in [4.78, 5) is 4.19. The van der Waals surface area contributed by atoms with Crippen LogP contribution in [0.15, 0.2) is 42.6 Å². The number of hydrogen-bond acceptors (Lipinski definition) is 2. The molecule has 0 radical (unpaired) electrons. The molecule has 2 nitrogen and oxygen atoms in total. The lowest BCUT2D eigenvalue weighted by atomic mass is 10.1. The molecular formula is C18H19NO. The maximum atomic E-state index is 5.30. The van der Waals surface area contributed by atoms with Gasteiger partial charge < -0.3 is 4.74 Å². The Labute approximate surface area is 120 Å². The lowest BCUT2D eigenvalue weighted by Crippen LogP contribution is -1.93. The van der Waals surface area contributed by atoms with Crippen molar-refractivity contribution in [2.45, 2.75) is 26.7 Å². The Morgan fingerprint density at radius 1 is 0.950 bits per heavy atom. The number of nitrogens with zero attached hydrogens (tertiary/aromatic N) is 1. The largest absolute Gasteiger partial charge is 0.478 e. The quantitative estimate of drug-likeness (QED) is 0.784. The van der Waals surface area contributed by atoms with Crippen LogP contribution in [0, 0.1) is 11.8 Å². The molecular weight excluding hydrogens is 246 g/mol. The first kappa shape index (κ1) is 14.1. The van der Waals surface area contributed by atoms with Crippen LogP contribution in [0.3, 0.4) is 0 Å². The molecule has 102 valence electrons. The summed E-state index contributed by atoms with van der Waals surface area (Å²) in [6, 6.07) is 12.2. The third-order valence-electron chi connectivity index (χ3n) is 2.87. The smallest absolute Gasteiger partial charge is 0.213 e. The molecule has 0 fully saturated rings. The van der Waals surface area contributed by atoms with Crippen LogP contribution in [-0.4, -0.2) is 11.6 Å². The lowest BCUT2D eigenvalue weighted by Gasteiger charge is -2.00. The Bertz CT molecular complexity index is 535. The van der Waals surface area contributed by atoms with Crippen molar-refractivity contribution in [1.29, 1.82) is 0 Å². The highest BCUT2D eigenvalue weighted by molar-refractivity contribution is 5.43. The van der Waals surface area contributed by atoms with Crippen LogP contribution >= 0.6 is 0 Å². The maximum Gasteiger partial charge on any atom is 0.213 e. The molecule has 0 unspecified atom stereocenters. The molecule has 0 saturated carbocycles. The summed E-state index contributed by atoms with van der Waals surface area (Å²) < 4.78 is 5.30. The van der Waals surface area contributed by atoms with Gasteiger partial charge in [-0.3, -0.25) is 0 Å². The Balaban J connectivity index is 2.05. The van der Waals surface area contributed by atoms with Gasteiger partial charge in [-0.15, -0.1) is 0 Å². The number of pyridine rings is 1. The number of rotatable bonds is 4. The third kappa shape index (κ3) is 4.13. The van der Waals surface area contributed by atoms with Gasteiger partial charge in [0.2, 0.25) is 5.88 Å². The molecule has 0 aliphatic carbocycles. The predicted molar refractivity (Wildman–Crippen MR) is 81.8 cm³/mol. The summed E-state index contributed by atoms with van der Waals surface area (Å²) in [7, 11) is 0. The van der Waals surface area contributed by atoms with Crippen molar-refractivity contribution < 1.29 is 4.74 Å². The predicted octanol–water partition coefficient (Wildman–Crippen LogP) is 3.83. The fourth-order valence-corrected chi connectivity index (χ4v) is 1.88. The van der Waals surface area contributed by atoms with Gasteiger partial charge in [-0.25, -0.2) is 4.98 Å². The minimum absolute atomic E-state index is 0.627. The Hall–Kier alpha value is -2.27. The second-order valence-corrected chi connectivity index (χ2v) is 4.52. The van der Waals surface area contributed by atoms with Crippen LogP contribution in [0.5, 0.6) is 5.88 Å². The summed E-state index contributed by atoms with van der Waals surface area (Å²) in [5.41, 5.74) is 3.28. The molecule has 0 amide bonds. The molecule has 0 atom stereocenters. The Morgan fingerprint density at radius 2 is 1.65 bits per heavy atom. The molecule has 2 rings (SSSR count). The summed E-state index contributed by atoms with van der Waals surface area (Å²) in [5, 5.41) is 0. The number of benzene rings is 1. The molecule has 0 N–H and O–H groups in total. The highest BCUT2D eigenvalue weighted by atomic mass is 16.5. The van der Waals surface area contributed by atoms with Crippen molar-refractivity contribution in [3.63, 3.8) is 0 Å². The molecule has 0 bridgehead atoms. The van der Waals surface area contributed by atoms with Crippen LogP contribution in [0.1, 0.15) is 37.0 Å². The number of hydrogen-bond donors (Lipinski definition) is 0. The molecule has 1 heterocycles. The van der Waals surface area contributed by atoms with Crippen molar-refractivity contribution >= 4 is 0 Å². The average Bonchev–Trinajstić information content (AvgIpc) is 2.49. The van der Waals surface area contributed by atoms with Gasteiger partial charge in [0.15, 0.2) is 0 Å². The van der Waals surface area contributed by atoms with Crippen LogP contribution in [0.25, 0.3) is 0 Å². The second-order valence-electron chi connectivity index (χ2n) is 4.52. The fraction of sp³-hybridized carbons (Fsp3) is 0.278. The van der Waals surface area contributed by atoms with E-state index >= 15 is 0 Å². The molecule has 1 aromatic carbocycles. The highest BCUT2D eigenvalue weighted by Crippen LogP contribution is 2.08. The molecule has 0 aliphatic rings. The molecule has 20 heavy (non-hydrogen) atoms. The van der Waals surface area contributed by atoms with E-state index in [1.54, 1.807) is 6.20 Å². The highest BCUT2D eigenvalue weighted by Gasteiger charge is 1.94. The van der Waals surface area contributed by atoms with E-state index in [4.69, 9.17) is 4.74 Å². The Kier molecular flexibility index (Phi) is 5.20. The second kappa shape index (κ2) is 7.35. The maximum absolute atomic E-state index is 5.30. The van der Waals surface area contributed by atoms with E-state index in [2.05, 4.69) is 48.0 Å². The first-order valence-corrected chi connectivity index (χ1v) is 7.01. The van der Waals surface area contributed by atoms with E-state index < -0.39 is 0 Å². The van der Waals surface area contributed by atoms with Crippen molar-refractivity contribution in [3.8, 4) is 17.7 Å². The van der Waals surface area contributed by atoms with E-state index in [0.717, 1.165) is 17.5 Å². The van der Waals surface area contributed by atoms with Gasteiger partial charge in [0, 0.05) is 23.4 Å². The van der Waals surface area contributed by atoms with Gasteiger partial charge in [-0.1, -0.05) is 37.3 Å². The van der Waals surface area contributed by atoms with Crippen molar-refractivity contribution in [2.75, 3.05) is 6.61 Å². The summed E-state index contributed by atoms with van der Waals surface area (Å²) in [5.74, 6) is 6.91. The van der Waals surface area contributed by atoms with E-state index in [1.165, 1.54) is 12.0 Å². The molecule has 0 saturated heterocycles. The number of aromatic nitrogens is 1. The Morgan fingerprint density at radius 3 is 2.25 bits per heavy atom. The van der Waals surface area contributed by atoms with Crippen LogP contribution < -0.4 is 4.74 Å². The summed E-state index contributed by atoms with van der Waals surface area (Å²) in [6.07, 6.45) is 4.03. The standard InChI is InChI=1S/C18H19NO/c1-3-5-15-6-8-16(9-7-15)10-11-17-12-13-18(19-14-17)20-4-2/h6-9,12-14H,3-5H2,1-2H3.